The van der Waals surface area contributed by atoms with Crippen molar-refractivity contribution in [1.29, 1.82) is 0 Å². The van der Waals surface area contributed by atoms with Gasteiger partial charge >= 0.3 is 5.97 Å². The molecule has 1 amide bonds. The van der Waals surface area contributed by atoms with Crippen molar-refractivity contribution in [2.24, 2.45) is 0 Å². The maximum Gasteiger partial charge on any atom is 0.339 e. The van der Waals surface area contributed by atoms with Crippen LogP contribution < -0.4 is 10.6 Å². The first-order valence-electron chi connectivity index (χ1n) is 6.64. The Labute approximate surface area is 117 Å². The first-order chi connectivity index (χ1) is 9.51. The Morgan fingerprint density at radius 1 is 1.40 bits per heavy atom. The molecular formula is C14H19N3O3. The smallest absolute Gasteiger partial charge is 0.339 e. The van der Waals surface area contributed by atoms with Crippen LogP contribution in [-0.4, -0.2) is 36.1 Å². The van der Waals surface area contributed by atoms with E-state index in [1.807, 2.05) is 0 Å². The highest BCUT2D eigenvalue weighted by Crippen LogP contribution is 2.19. The number of nitrogens with zero attached hydrogens (tertiary/aromatic N) is 1. The molecule has 0 spiro atoms. The number of pyridine rings is 1. The SMILES string of the molecule is COC(=O)c1ccc(NC(C)C(=O)NC2CC2)nc1C. The van der Waals surface area contributed by atoms with Gasteiger partial charge in [-0.1, -0.05) is 0 Å². The molecule has 0 aliphatic heterocycles. The minimum absolute atomic E-state index is 0.0380. The number of nitrogens with one attached hydrogen (secondary N) is 2. The van der Waals surface area contributed by atoms with E-state index in [-0.39, 0.29) is 11.9 Å². The average Bonchev–Trinajstić information content (AvgIpc) is 3.22. The molecule has 6 nitrogen and oxygen atoms in total. The lowest BCUT2D eigenvalue weighted by Crippen LogP contribution is -2.38. The normalized spacial score (nSPS) is 15.3. The number of aryl methyl sites for hydroxylation is 1. The number of anilines is 1. The summed E-state index contributed by atoms with van der Waals surface area (Å²) < 4.78 is 4.66. The molecule has 20 heavy (non-hydrogen) atoms. The lowest BCUT2D eigenvalue weighted by molar-refractivity contribution is -0.121. The fourth-order valence-corrected chi connectivity index (χ4v) is 1.81. The van der Waals surface area contributed by atoms with Gasteiger partial charge in [0.15, 0.2) is 0 Å². The van der Waals surface area contributed by atoms with Crippen molar-refractivity contribution in [2.45, 2.75) is 38.8 Å². The highest BCUT2D eigenvalue weighted by Gasteiger charge is 2.25. The lowest BCUT2D eigenvalue weighted by Gasteiger charge is -2.15. The minimum Gasteiger partial charge on any atom is -0.465 e. The molecular weight excluding hydrogens is 258 g/mol. The Bertz CT molecular complexity index is 526. The van der Waals surface area contributed by atoms with Crippen molar-refractivity contribution in [3.05, 3.63) is 23.4 Å². The number of ether oxygens (including phenoxy) is 1. The summed E-state index contributed by atoms with van der Waals surface area (Å²) in [7, 11) is 1.33. The summed E-state index contributed by atoms with van der Waals surface area (Å²) in [6.45, 7) is 3.51. The van der Waals surface area contributed by atoms with Gasteiger partial charge in [0.2, 0.25) is 5.91 Å². The summed E-state index contributed by atoms with van der Waals surface area (Å²) >= 11 is 0. The maximum atomic E-state index is 11.8. The van der Waals surface area contributed by atoms with Crippen molar-refractivity contribution in [2.75, 3.05) is 12.4 Å². The van der Waals surface area contributed by atoms with Crippen molar-refractivity contribution >= 4 is 17.7 Å². The van der Waals surface area contributed by atoms with Crippen molar-refractivity contribution < 1.29 is 14.3 Å². The molecule has 1 saturated carbocycles. The number of methoxy groups -OCH3 is 1. The van der Waals surface area contributed by atoms with Gasteiger partial charge < -0.3 is 15.4 Å². The average molecular weight is 277 g/mol. The van der Waals surface area contributed by atoms with E-state index in [9.17, 15) is 9.59 Å². The Morgan fingerprint density at radius 2 is 2.10 bits per heavy atom. The third-order valence-electron chi connectivity index (χ3n) is 3.17. The number of esters is 1. The number of hydrogen-bond donors (Lipinski definition) is 2. The second kappa shape index (κ2) is 5.90. The Morgan fingerprint density at radius 3 is 2.65 bits per heavy atom. The quantitative estimate of drug-likeness (QED) is 0.792. The fourth-order valence-electron chi connectivity index (χ4n) is 1.81. The van der Waals surface area contributed by atoms with E-state index in [2.05, 4.69) is 20.4 Å². The predicted molar refractivity (Wildman–Crippen MR) is 74.6 cm³/mol. The third-order valence-corrected chi connectivity index (χ3v) is 3.17. The molecule has 1 atom stereocenters. The molecule has 0 radical (unpaired) electrons. The summed E-state index contributed by atoms with van der Waals surface area (Å²) in [5.41, 5.74) is 0.991. The largest absolute Gasteiger partial charge is 0.465 e. The van der Waals surface area contributed by atoms with Crippen LogP contribution in [0.4, 0.5) is 5.82 Å². The van der Waals surface area contributed by atoms with Crippen molar-refractivity contribution in [3.63, 3.8) is 0 Å². The zero-order valence-corrected chi connectivity index (χ0v) is 11.9. The number of rotatable bonds is 5. The van der Waals surface area contributed by atoms with Crippen molar-refractivity contribution in [3.8, 4) is 0 Å². The van der Waals surface area contributed by atoms with Crippen LogP contribution in [0.1, 0.15) is 35.8 Å². The van der Waals surface area contributed by atoms with Gasteiger partial charge in [-0.15, -0.1) is 0 Å². The van der Waals surface area contributed by atoms with Crippen LogP contribution >= 0.6 is 0 Å². The molecule has 0 aromatic carbocycles. The molecule has 1 heterocycles. The molecule has 1 aromatic rings. The van der Waals surface area contributed by atoms with Crippen LogP contribution in [0.25, 0.3) is 0 Å². The molecule has 108 valence electrons. The molecule has 1 unspecified atom stereocenters. The molecule has 1 aromatic heterocycles. The molecule has 6 heteroatoms. The van der Waals surface area contributed by atoms with Gasteiger partial charge in [0.05, 0.1) is 18.4 Å². The number of hydrogen-bond acceptors (Lipinski definition) is 5. The Kier molecular flexibility index (Phi) is 4.22. The summed E-state index contributed by atoms with van der Waals surface area (Å²) in [6.07, 6.45) is 2.12. The maximum absolute atomic E-state index is 11.8. The Hall–Kier alpha value is -2.11. The van der Waals surface area contributed by atoms with E-state index >= 15 is 0 Å². The number of aromatic nitrogens is 1. The number of carbonyl (C=O) groups is 2. The van der Waals surface area contributed by atoms with Crippen LogP contribution in [0.5, 0.6) is 0 Å². The van der Waals surface area contributed by atoms with E-state index in [1.54, 1.807) is 26.0 Å². The van der Waals surface area contributed by atoms with Crippen molar-refractivity contribution in [1.82, 2.24) is 10.3 Å². The fraction of sp³-hybridized carbons (Fsp3) is 0.500. The van der Waals surface area contributed by atoms with Crippen LogP contribution in [0.3, 0.4) is 0 Å². The zero-order chi connectivity index (χ0) is 14.7. The molecule has 2 N–H and O–H groups in total. The third kappa shape index (κ3) is 3.46. The number of carbonyl (C=O) groups excluding carboxylic acids is 2. The summed E-state index contributed by atoms with van der Waals surface area (Å²) in [5, 5.41) is 5.95. The monoisotopic (exact) mass is 277 g/mol. The molecule has 1 fully saturated rings. The topological polar surface area (TPSA) is 80.3 Å². The molecule has 0 saturated heterocycles. The van der Waals surface area contributed by atoms with Gasteiger partial charge in [-0.2, -0.15) is 0 Å². The minimum atomic E-state index is -0.416. The van der Waals surface area contributed by atoms with Crippen LogP contribution in [0.2, 0.25) is 0 Å². The van der Waals surface area contributed by atoms with Gasteiger partial charge in [0.25, 0.3) is 0 Å². The van der Waals surface area contributed by atoms with Crippen LogP contribution in [-0.2, 0) is 9.53 Å². The lowest BCUT2D eigenvalue weighted by atomic mass is 10.2. The van der Waals surface area contributed by atoms with E-state index in [0.29, 0.717) is 23.1 Å². The predicted octanol–water partition coefficient (Wildman–Crippen LogP) is 1.26. The second-order valence-corrected chi connectivity index (χ2v) is 4.97. The van der Waals surface area contributed by atoms with E-state index < -0.39 is 5.97 Å². The zero-order valence-electron chi connectivity index (χ0n) is 11.9. The highest BCUT2D eigenvalue weighted by atomic mass is 16.5. The highest BCUT2D eigenvalue weighted by molar-refractivity contribution is 5.90. The molecule has 2 rings (SSSR count). The van der Waals surface area contributed by atoms with Crippen LogP contribution in [0.15, 0.2) is 12.1 Å². The second-order valence-electron chi connectivity index (χ2n) is 4.97. The summed E-state index contributed by atoms with van der Waals surface area (Å²) in [4.78, 5) is 27.6. The van der Waals surface area contributed by atoms with Gasteiger partial charge in [0, 0.05) is 6.04 Å². The van der Waals surface area contributed by atoms with E-state index in [0.717, 1.165) is 12.8 Å². The summed E-state index contributed by atoms with van der Waals surface area (Å²) in [6, 6.07) is 3.27. The number of amides is 1. The molecule has 0 bridgehead atoms. The Balaban J connectivity index is 2.00. The van der Waals surface area contributed by atoms with E-state index in [1.165, 1.54) is 7.11 Å². The van der Waals surface area contributed by atoms with Crippen LogP contribution in [0, 0.1) is 6.92 Å². The van der Waals surface area contributed by atoms with Gasteiger partial charge in [-0.05, 0) is 38.8 Å². The van der Waals surface area contributed by atoms with Gasteiger partial charge in [0.1, 0.15) is 11.9 Å². The first-order valence-corrected chi connectivity index (χ1v) is 6.64. The molecule has 1 aliphatic rings. The molecule has 1 aliphatic carbocycles. The standard InChI is InChI=1S/C14H19N3O3/c1-8-11(14(19)20-3)6-7-12(15-8)16-9(2)13(18)17-10-4-5-10/h6-7,9-10H,4-5H2,1-3H3,(H,15,16)(H,17,18). The summed E-state index contributed by atoms with van der Waals surface area (Å²) in [5.74, 6) is 0.110. The van der Waals surface area contributed by atoms with E-state index in [4.69, 9.17) is 0 Å². The van der Waals surface area contributed by atoms with Gasteiger partial charge in [-0.3, -0.25) is 4.79 Å². The van der Waals surface area contributed by atoms with Gasteiger partial charge in [-0.25, -0.2) is 9.78 Å². The first kappa shape index (κ1) is 14.3.